The van der Waals surface area contributed by atoms with Gasteiger partial charge in [0.1, 0.15) is 11.4 Å². The Balaban J connectivity index is 1.24. The van der Waals surface area contributed by atoms with E-state index in [0.717, 1.165) is 30.1 Å². The highest BCUT2D eigenvalue weighted by molar-refractivity contribution is 7.88. The summed E-state index contributed by atoms with van der Waals surface area (Å²) in [5.74, 6) is 2.59. The van der Waals surface area contributed by atoms with E-state index in [9.17, 15) is 12.8 Å². The van der Waals surface area contributed by atoms with E-state index in [-0.39, 0.29) is 0 Å². The van der Waals surface area contributed by atoms with Crippen LogP contribution in [-0.4, -0.2) is 73.9 Å². The van der Waals surface area contributed by atoms with Crippen molar-refractivity contribution in [3.63, 3.8) is 0 Å². The molecule has 0 amide bonds. The minimum absolute atomic E-state index is 0.398. The number of fused-ring (bicyclic) bond motifs is 1. The number of likely N-dealkylation sites (tertiary alicyclic amines) is 1. The normalized spacial score (nSPS) is 28.1. The molecular weight excluding hydrogens is 393 g/mol. The standard InChI is InChI=1S/C21H30FN3O3S/c1-21(2,22)14-24-11-17-18(12-24)19(17)13-28-16-4-5-20(23-10-16)15-6-8-25(9-7-15)29(3,26)27/h4-6,10,17-19H,7-9,11-14H2,1-3H3. The number of hydrogen-bond acceptors (Lipinski definition) is 5. The van der Waals surface area contributed by atoms with Gasteiger partial charge in [-0.2, -0.15) is 4.31 Å². The van der Waals surface area contributed by atoms with E-state index in [1.165, 1.54) is 10.6 Å². The van der Waals surface area contributed by atoms with Gasteiger partial charge in [0.2, 0.25) is 10.0 Å². The second-order valence-electron chi connectivity index (χ2n) is 9.19. The maximum absolute atomic E-state index is 13.8. The molecule has 0 spiro atoms. The molecule has 0 radical (unpaired) electrons. The first kappa shape index (κ1) is 20.8. The summed E-state index contributed by atoms with van der Waals surface area (Å²) in [6.07, 6.45) is 5.58. The molecule has 29 heavy (non-hydrogen) atoms. The van der Waals surface area contributed by atoms with Gasteiger partial charge in [0.15, 0.2) is 0 Å². The van der Waals surface area contributed by atoms with Crippen LogP contribution in [-0.2, 0) is 10.0 Å². The van der Waals surface area contributed by atoms with Crippen molar-refractivity contribution in [2.45, 2.75) is 25.9 Å². The van der Waals surface area contributed by atoms with Crippen LogP contribution < -0.4 is 4.74 Å². The fraction of sp³-hybridized carbons (Fsp3) is 0.667. The van der Waals surface area contributed by atoms with Gasteiger partial charge in [-0.3, -0.25) is 9.88 Å². The molecule has 2 unspecified atom stereocenters. The number of piperidine rings is 1. The molecule has 1 aromatic rings. The van der Waals surface area contributed by atoms with Gasteiger partial charge in [0, 0.05) is 38.6 Å². The van der Waals surface area contributed by atoms with E-state index in [1.807, 2.05) is 18.2 Å². The lowest BCUT2D eigenvalue weighted by Crippen LogP contribution is -2.36. The smallest absolute Gasteiger partial charge is 0.211 e. The van der Waals surface area contributed by atoms with E-state index in [0.29, 0.717) is 50.4 Å². The minimum Gasteiger partial charge on any atom is -0.492 e. The second kappa shape index (κ2) is 7.63. The maximum atomic E-state index is 13.8. The summed E-state index contributed by atoms with van der Waals surface area (Å²) in [6.45, 7) is 7.31. The molecule has 1 saturated heterocycles. The van der Waals surface area contributed by atoms with Crippen molar-refractivity contribution in [2.75, 3.05) is 45.6 Å². The monoisotopic (exact) mass is 423 g/mol. The Bertz CT molecular complexity index is 867. The SMILES string of the molecule is CC(C)(F)CN1CC2C(COc3ccc(C4=CCN(S(C)(=O)=O)CC4)nc3)C2C1. The zero-order chi connectivity index (χ0) is 20.8. The molecule has 2 fully saturated rings. The van der Waals surface area contributed by atoms with E-state index < -0.39 is 15.7 Å². The lowest BCUT2D eigenvalue weighted by molar-refractivity contribution is 0.126. The molecule has 0 bridgehead atoms. The summed E-state index contributed by atoms with van der Waals surface area (Å²) in [4.78, 5) is 6.73. The third kappa shape index (κ3) is 4.98. The average Bonchev–Trinajstić information content (AvgIpc) is 3.10. The van der Waals surface area contributed by atoms with Crippen molar-refractivity contribution in [2.24, 2.45) is 17.8 Å². The van der Waals surface area contributed by atoms with Crippen LogP contribution in [0.25, 0.3) is 5.57 Å². The van der Waals surface area contributed by atoms with Crippen LogP contribution in [0.4, 0.5) is 4.39 Å². The molecule has 2 aliphatic heterocycles. The van der Waals surface area contributed by atoms with Gasteiger partial charge in [-0.1, -0.05) is 6.08 Å². The van der Waals surface area contributed by atoms with Crippen molar-refractivity contribution in [3.8, 4) is 5.75 Å². The van der Waals surface area contributed by atoms with Crippen LogP contribution in [0.3, 0.4) is 0 Å². The van der Waals surface area contributed by atoms with Crippen LogP contribution >= 0.6 is 0 Å². The van der Waals surface area contributed by atoms with Crippen molar-refractivity contribution in [1.82, 2.24) is 14.2 Å². The van der Waals surface area contributed by atoms with Crippen LogP contribution in [0, 0.1) is 17.8 Å². The fourth-order valence-electron chi connectivity index (χ4n) is 4.68. The first-order valence-electron chi connectivity index (χ1n) is 10.2. The van der Waals surface area contributed by atoms with Gasteiger partial charge in [0.25, 0.3) is 0 Å². The molecule has 4 rings (SSSR count). The van der Waals surface area contributed by atoms with Crippen molar-refractivity contribution in [1.29, 1.82) is 0 Å². The Hall–Kier alpha value is -1.51. The van der Waals surface area contributed by atoms with Crippen LogP contribution in [0.2, 0.25) is 0 Å². The van der Waals surface area contributed by atoms with Gasteiger partial charge in [-0.05, 0) is 49.8 Å². The Morgan fingerprint density at radius 3 is 2.52 bits per heavy atom. The minimum atomic E-state index is -3.14. The first-order chi connectivity index (χ1) is 13.6. The molecule has 6 nitrogen and oxygen atoms in total. The van der Waals surface area contributed by atoms with Crippen molar-refractivity contribution in [3.05, 3.63) is 30.1 Å². The Kier molecular flexibility index (Phi) is 5.46. The molecule has 1 aromatic heterocycles. The highest BCUT2D eigenvalue weighted by atomic mass is 32.2. The molecule has 3 aliphatic rings. The third-order valence-corrected chi connectivity index (χ3v) is 7.46. The number of ether oxygens (including phenoxy) is 1. The number of nitrogens with zero attached hydrogens (tertiary/aromatic N) is 3. The van der Waals surface area contributed by atoms with Gasteiger partial charge >= 0.3 is 0 Å². The summed E-state index contributed by atoms with van der Waals surface area (Å²) in [5.41, 5.74) is 0.815. The number of pyridine rings is 1. The van der Waals surface area contributed by atoms with Gasteiger partial charge in [-0.15, -0.1) is 0 Å². The Labute approximate surface area is 172 Å². The van der Waals surface area contributed by atoms with E-state index in [2.05, 4.69) is 9.88 Å². The number of alkyl halides is 1. The van der Waals surface area contributed by atoms with E-state index in [4.69, 9.17) is 4.74 Å². The molecule has 1 aliphatic carbocycles. The Morgan fingerprint density at radius 1 is 1.28 bits per heavy atom. The molecular formula is C21H30FN3O3S. The van der Waals surface area contributed by atoms with Crippen LogP contribution in [0.15, 0.2) is 24.4 Å². The highest BCUT2D eigenvalue weighted by Gasteiger charge is 2.56. The zero-order valence-corrected chi connectivity index (χ0v) is 18.2. The summed E-state index contributed by atoms with van der Waals surface area (Å²) < 4.78 is 44.4. The molecule has 0 N–H and O–H groups in total. The number of sulfonamides is 1. The Morgan fingerprint density at radius 2 is 2.00 bits per heavy atom. The predicted molar refractivity (Wildman–Crippen MR) is 111 cm³/mol. The highest BCUT2D eigenvalue weighted by Crippen LogP contribution is 2.52. The van der Waals surface area contributed by atoms with Crippen LogP contribution in [0.1, 0.15) is 26.0 Å². The molecule has 8 heteroatoms. The average molecular weight is 424 g/mol. The van der Waals surface area contributed by atoms with Gasteiger partial charge < -0.3 is 4.74 Å². The van der Waals surface area contributed by atoms with E-state index in [1.54, 1.807) is 20.0 Å². The maximum Gasteiger partial charge on any atom is 0.211 e. The summed E-state index contributed by atoms with van der Waals surface area (Å²) >= 11 is 0. The third-order valence-electron chi connectivity index (χ3n) is 6.20. The zero-order valence-electron chi connectivity index (χ0n) is 17.3. The summed E-state index contributed by atoms with van der Waals surface area (Å²) in [5, 5.41) is 0. The van der Waals surface area contributed by atoms with Crippen molar-refractivity contribution >= 4 is 15.6 Å². The first-order valence-corrected chi connectivity index (χ1v) is 12.1. The number of hydrogen-bond donors (Lipinski definition) is 0. The topological polar surface area (TPSA) is 62.7 Å². The second-order valence-corrected chi connectivity index (χ2v) is 11.2. The molecule has 160 valence electrons. The van der Waals surface area contributed by atoms with Crippen molar-refractivity contribution < 1.29 is 17.5 Å². The number of aromatic nitrogens is 1. The lowest BCUT2D eigenvalue weighted by Gasteiger charge is -2.25. The van der Waals surface area contributed by atoms with Gasteiger partial charge in [0.05, 0.1) is 24.8 Å². The molecule has 2 atom stereocenters. The van der Waals surface area contributed by atoms with Gasteiger partial charge in [-0.25, -0.2) is 12.8 Å². The number of halogens is 1. The molecule has 3 heterocycles. The number of rotatable bonds is 7. The largest absolute Gasteiger partial charge is 0.492 e. The summed E-state index contributed by atoms with van der Waals surface area (Å²) in [7, 11) is -3.14. The van der Waals surface area contributed by atoms with E-state index >= 15 is 0 Å². The molecule has 1 saturated carbocycles. The lowest BCUT2D eigenvalue weighted by atomic mass is 10.1. The fourth-order valence-corrected chi connectivity index (χ4v) is 5.45. The summed E-state index contributed by atoms with van der Waals surface area (Å²) in [6, 6.07) is 3.87. The molecule has 0 aromatic carbocycles. The quantitative estimate of drug-likeness (QED) is 0.674. The van der Waals surface area contributed by atoms with Crippen LogP contribution in [0.5, 0.6) is 5.75 Å². The predicted octanol–water partition coefficient (Wildman–Crippen LogP) is 2.44.